The van der Waals surface area contributed by atoms with Gasteiger partial charge in [-0.3, -0.25) is 0 Å². The average molecular weight is 334 g/mol. The number of carbonyl (C=O) groups excluding carboxylic acids is 1. The Kier molecular flexibility index (Phi) is 5.75. The number of carbonyl (C=O) groups is 1. The topological polar surface area (TPSA) is 61.8 Å². The predicted octanol–water partition coefficient (Wildman–Crippen LogP) is 3.19. The normalized spacial score (nSPS) is 20.6. The summed E-state index contributed by atoms with van der Waals surface area (Å²) in [5.41, 5.74) is 0.896. The Bertz CT molecular complexity index is 566. The molecule has 1 aromatic rings. The number of aliphatic hydroxyl groups is 1. The van der Waals surface area contributed by atoms with E-state index < -0.39 is 0 Å². The fourth-order valence-corrected chi connectivity index (χ4v) is 3.20. The average Bonchev–Trinajstić information content (AvgIpc) is 3.01. The number of urea groups is 1. The van der Waals surface area contributed by atoms with Crippen LogP contribution < -0.4 is 10.1 Å². The van der Waals surface area contributed by atoms with E-state index in [0.717, 1.165) is 17.7 Å². The van der Waals surface area contributed by atoms with Crippen LogP contribution >= 0.6 is 0 Å². The van der Waals surface area contributed by atoms with Gasteiger partial charge in [0.15, 0.2) is 0 Å². The highest BCUT2D eigenvalue weighted by Crippen LogP contribution is 2.34. The molecule has 24 heavy (non-hydrogen) atoms. The zero-order valence-electron chi connectivity index (χ0n) is 15.4. The van der Waals surface area contributed by atoms with Gasteiger partial charge in [0.2, 0.25) is 0 Å². The van der Waals surface area contributed by atoms with Crippen molar-refractivity contribution in [2.75, 3.05) is 20.2 Å². The molecule has 1 aliphatic heterocycles. The molecule has 0 radical (unpaired) electrons. The molecule has 2 rings (SSSR count). The number of benzene rings is 1. The van der Waals surface area contributed by atoms with Gasteiger partial charge in [0.05, 0.1) is 19.3 Å². The van der Waals surface area contributed by atoms with E-state index in [0.29, 0.717) is 13.1 Å². The molecule has 0 spiro atoms. The van der Waals surface area contributed by atoms with E-state index in [1.807, 2.05) is 24.3 Å². The summed E-state index contributed by atoms with van der Waals surface area (Å²) in [6, 6.07) is 7.64. The summed E-state index contributed by atoms with van der Waals surface area (Å²) in [7, 11) is 1.64. The van der Waals surface area contributed by atoms with E-state index in [1.165, 1.54) is 0 Å². The van der Waals surface area contributed by atoms with Crippen molar-refractivity contribution in [2.24, 2.45) is 11.3 Å². The number of ether oxygens (including phenoxy) is 1. The second-order valence-electron chi connectivity index (χ2n) is 7.76. The Morgan fingerprint density at radius 2 is 2.12 bits per heavy atom. The Morgan fingerprint density at radius 3 is 2.67 bits per heavy atom. The second kappa shape index (κ2) is 7.43. The highest BCUT2D eigenvalue weighted by molar-refractivity contribution is 5.75. The van der Waals surface area contributed by atoms with Crippen LogP contribution in [-0.4, -0.2) is 42.3 Å². The standard InChI is InChI=1S/C19H30N2O3/c1-13(22)15-9-10-21(12-15)18(23)20-17(19(2,3)4)14-7-6-8-16(11-14)24-5/h6-8,11,13,15,17,22H,9-10,12H2,1-5H3,(H,20,23)/t13-,15+,17-/m0/s1. The van der Waals surface area contributed by atoms with Crippen LogP contribution in [0.3, 0.4) is 0 Å². The number of amides is 2. The van der Waals surface area contributed by atoms with Gasteiger partial charge in [0.25, 0.3) is 0 Å². The lowest BCUT2D eigenvalue weighted by Crippen LogP contribution is -2.44. The molecule has 1 heterocycles. The van der Waals surface area contributed by atoms with Crippen LogP contribution in [0.25, 0.3) is 0 Å². The van der Waals surface area contributed by atoms with Gasteiger partial charge in [-0.25, -0.2) is 4.79 Å². The summed E-state index contributed by atoms with van der Waals surface area (Å²) in [6.07, 6.45) is 0.476. The molecular formula is C19H30N2O3. The smallest absolute Gasteiger partial charge is 0.317 e. The highest BCUT2D eigenvalue weighted by atomic mass is 16.5. The second-order valence-corrected chi connectivity index (χ2v) is 7.76. The van der Waals surface area contributed by atoms with E-state index >= 15 is 0 Å². The van der Waals surface area contributed by atoms with E-state index in [1.54, 1.807) is 18.9 Å². The molecule has 5 nitrogen and oxygen atoms in total. The maximum atomic E-state index is 12.7. The molecule has 3 atom stereocenters. The Balaban J connectivity index is 2.13. The third-order valence-electron chi connectivity index (χ3n) is 4.76. The van der Waals surface area contributed by atoms with E-state index in [4.69, 9.17) is 4.74 Å². The zero-order chi connectivity index (χ0) is 17.9. The molecule has 5 heteroatoms. The summed E-state index contributed by atoms with van der Waals surface area (Å²) < 4.78 is 5.31. The van der Waals surface area contributed by atoms with E-state index in [9.17, 15) is 9.90 Å². The summed E-state index contributed by atoms with van der Waals surface area (Å²) in [5.74, 6) is 0.951. The van der Waals surface area contributed by atoms with Gasteiger partial charge in [-0.15, -0.1) is 0 Å². The van der Waals surface area contributed by atoms with Crippen LogP contribution in [0.15, 0.2) is 24.3 Å². The predicted molar refractivity (Wildman–Crippen MR) is 95.1 cm³/mol. The first-order valence-electron chi connectivity index (χ1n) is 8.60. The molecule has 2 amide bonds. The lowest BCUT2D eigenvalue weighted by molar-refractivity contribution is 0.128. The van der Waals surface area contributed by atoms with E-state index in [-0.39, 0.29) is 29.5 Å². The Morgan fingerprint density at radius 1 is 1.42 bits per heavy atom. The largest absolute Gasteiger partial charge is 0.497 e. The Hall–Kier alpha value is -1.75. The molecule has 134 valence electrons. The lowest BCUT2D eigenvalue weighted by Gasteiger charge is -2.33. The fraction of sp³-hybridized carbons (Fsp3) is 0.632. The molecule has 0 saturated carbocycles. The van der Waals surface area contributed by atoms with Crippen molar-refractivity contribution in [1.29, 1.82) is 0 Å². The highest BCUT2D eigenvalue weighted by Gasteiger charge is 2.33. The van der Waals surface area contributed by atoms with Gasteiger partial charge in [-0.2, -0.15) is 0 Å². The van der Waals surface area contributed by atoms with Crippen molar-refractivity contribution in [3.05, 3.63) is 29.8 Å². The fourth-order valence-electron chi connectivity index (χ4n) is 3.20. The molecule has 0 aromatic heterocycles. The number of aliphatic hydroxyl groups excluding tert-OH is 1. The van der Waals surface area contributed by atoms with Crippen molar-refractivity contribution in [1.82, 2.24) is 10.2 Å². The van der Waals surface area contributed by atoms with Crippen molar-refractivity contribution in [3.8, 4) is 5.75 Å². The minimum absolute atomic E-state index is 0.0686. The SMILES string of the molecule is COc1cccc([C@H](NC(=O)N2CC[C@@H]([C@H](C)O)C2)C(C)(C)C)c1. The first kappa shape index (κ1) is 18.6. The third kappa shape index (κ3) is 4.41. The number of nitrogens with zero attached hydrogens (tertiary/aromatic N) is 1. The quantitative estimate of drug-likeness (QED) is 0.889. The van der Waals surface area contributed by atoms with Gasteiger partial charge in [-0.05, 0) is 36.5 Å². The third-order valence-corrected chi connectivity index (χ3v) is 4.76. The van der Waals surface area contributed by atoms with Crippen molar-refractivity contribution >= 4 is 6.03 Å². The molecular weight excluding hydrogens is 304 g/mol. The van der Waals surface area contributed by atoms with Crippen LogP contribution in [0.2, 0.25) is 0 Å². The van der Waals surface area contributed by atoms with Crippen LogP contribution in [0, 0.1) is 11.3 Å². The first-order valence-corrected chi connectivity index (χ1v) is 8.60. The van der Waals surface area contributed by atoms with Crippen molar-refractivity contribution in [3.63, 3.8) is 0 Å². The maximum absolute atomic E-state index is 12.7. The van der Waals surface area contributed by atoms with Gasteiger partial charge >= 0.3 is 6.03 Å². The number of methoxy groups -OCH3 is 1. The molecule has 1 aromatic carbocycles. The summed E-state index contributed by atoms with van der Waals surface area (Å²) in [4.78, 5) is 14.5. The van der Waals surface area contributed by atoms with Gasteiger partial charge in [0, 0.05) is 19.0 Å². The first-order chi connectivity index (χ1) is 11.2. The molecule has 0 unspecified atom stereocenters. The van der Waals surface area contributed by atoms with Crippen molar-refractivity contribution < 1.29 is 14.6 Å². The van der Waals surface area contributed by atoms with Crippen molar-refractivity contribution in [2.45, 2.75) is 46.3 Å². The van der Waals surface area contributed by atoms with Crippen LogP contribution in [-0.2, 0) is 0 Å². The van der Waals surface area contributed by atoms with Gasteiger partial charge in [-0.1, -0.05) is 32.9 Å². The molecule has 1 aliphatic rings. The summed E-state index contributed by atoms with van der Waals surface area (Å²) in [5, 5.41) is 12.9. The van der Waals surface area contributed by atoms with Gasteiger partial charge < -0.3 is 20.1 Å². The monoisotopic (exact) mass is 334 g/mol. The summed E-state index contributed by atoms with van der Waals surface area (Å²) >= 11 is 0. The summed E-state index contributed by atoms with van der Waals surface area (Å²) in [6.45, 7) is 9.43. The number of likely N-dealkylation sites (tertiary alicyclic amines) is 1. The maximum Gasteiger partial charge on any atom is 0.317 e. The van der Waals surface area contributed by atoms with Gasteiger partial charge in [0.1, 0.15) is 5.75 Å². The number of hydrogen-bond acceptors (Lipinski definition) is 3. The number of nitrogens with one attached hydrogen (secondary N) is 1. The zero-order valence-corrected chi connectivity index (χ0v) is 15.4. The van der Waals surface area contributed by atoms with Crippen LogP contribution in [0.5, 0.6) is 5.75 Å². The lowest BCUT2D eigenvalue weighted by atomic mass is 9.82. The minimum Gasteiger partial charge on any atom is -0.497 e. The molecule has 0 bridgehead atoms. The molecule has 2 N–H and O–H groups in total. The minimum atomic E-state index is -0.375. The molecule has 1 fully saturated rings. The van der Waals surface area contributed by atoms with Crippen LogP contribution in [0.4, 0.5) is 4.79 Å². The Labute approximate surface area is 145 Å². The number of hydrogen-bond donors (Lipinski definition) is 2. The molecule has 1 saturated heterocycles. The van der Waals surface area contributed by atoms with Crippen LogP contribution in [0.1, 0.15) is 45.7 Å². The van der Waals surface area contributed by atoms with E-state index in [2.05, 4.69) is 26.1 Å². The molecule has 0 aliphatic carbocycles. The number of rotatable bonds is 4.